The number of carbonyl (C=O) groups is 1. The van der Waals surface area contributed by atoms with Crippen LogP contribution in [0.3, 0.4) is 0 Å². The molecule has 2 aromatic carbocycles. The van der Waals surface area contributed by atoms with Gasteiger partial charge in [0, 0.05) is 31.0 Å². The van der Waals surface area contributed by atoms with Crippen LogP contribution in [0, 0.1) is 11.7 Å². The standard InChI is InChI=1S/C20H24FN3O/c1-2-15-3-7-18(8-4-15)23-20(25)22-13-16-11-12-24(14-16)19-9-5-17(21)6-10-19/h3-10,16H,2,11-14H2,1H3,(H2,22,23,25)/t16-/m0/s1. The topological polar surface area (TPSA) is 44.4 Å². The zero-order chi connectivity index (χ0) is 17.6. The van der Waals surface area contributed by atoms with Gasteiger partial charge in [-0.05, 0) is 60.7 Å². The summed E-state index contributed by atoms with van der Waals surface area (Å²) in [6.07, 6.45) is 2.00. The molecular formula is C20H24FN3O. The smallest absolute Gasteiger partial charge is 0.319 e. The molecule has 1 saturated heterocycles. The average molecular weight is 341 g/mol. The summed E-state index contributed by atoms with van der Waals surface area (Å²) in [5.74, 6) is 0.183. The van der Waals surface area contributed by atoms with E-state index in [1.165, 1.54) is 17.7 Å². The van der Waals surface area contributed by atoms with Crippen LogP contribution in [-0.4, -0.2) is 25.7 Å². The number of hydrogen-bond donors (Lipinski definition) is 2. The minimum Gasteiger partial charge on any atom is -0.371 e. The second-order valence-corrected chi connectivity index (χ2v) is 6.46. The van der Waals surface area contributed by atoms with Gasteiger partial charge in [-0.2, -0.15) is 0 Å². The molecule has 0 bridgehead atoms. The highest BCUT2D eigenvalue weighted by atomic mass is 19.1. The van der Waals surface area contributed by atoms with Crippen LogP contribution in [0.2, 0.25) is 0 Å². The fourth-order valence-corrected chi connectivity index (χ4v) is 3.12. The first-order valence-corrected chi connectivity index (χ1v) is 8.78. The molecule has 2 aromatic rings. The molecule has 0 aromatic heterocycles. The monoisotopic (exact) mass is 341 g/mol. The van der Waals surface area contributed by atoms with E-state index in [1.807, 2.05) is 24.3 Å². The van der Waals surface area contributed by atoms with Crippen molar-refractivity contribution in [2.75, 3.05) is 29.9 Å². The molecule has 5 heteroatoms. The number of hydrogen-bond acceptors (Lipinski definition) is 2. The molecule has 2 amide bonds. The van der Waals surface area contributed by atoms with Gasteiger partial charge in [0.05, 0.1) is 0 Å². The van der Waals surface area contributed by atoms with Gasteiger partial charge in [-0.3, -0.25) is 0 Å². The largest absolute Gasteiger partial charge is 0.371 e. The van der Waals surface area contributed by atoms with Crippen molar-refractivity contribution in [1.82, 2.24) is 5.32 Å². The quantitative estimate of drug-likeness (QED) is 0.862. The summed E-state index contributed by atoms with van der Waals surface area (Å²) in [6.45, 7) is 4.54. The van der Waals surface area contributed by atoms with Gasteiger partial charge in [-0.1, -0.05) is 19.1 Å². The second kappa shape index (κ2) is 8.01. The highest BCUT2D eigenvalue weighted by Crippen LogP contribution is 2.23. The molecule has 1 fully saturated rings. The van der Waals surface area contributed by atoms with Crippen LogP contribution in [0.1, 0.15) is 18.9 Å². The molecule has 0 aliphatic carbocycles. The fraction of sp³-hybridized carbons (Fsp3) is 0.350. The average Bonchev–Trinajstić information content (AvgIpc) is 3.10. The van der Waals surface area contributed by atoms with Crippen molar-refractivity contribution in [1.29, 1.82) is 0 Å². The zero-order valence-corrected chi connectivity index (χ0v) is 14.5. The van der Waals surface area contributed by atoms with Crippen LogP contribution < -0.4 is 15.5 Å². The normalized spacial score (nSPS) is 16.7. The number of rotatable bonds is 5. The Morgan fingerprint density at radius 1 is 1.16 bits per heavy atom. The molecule has 1 aliphatic rings. The summed E-state index contributed by atoms with van der Waals surface area (Å²) >= 11 is 0. The molecule has 4 nitrogen and oxygen atoms in total. The van der Waals surface area contributed by atoms with Crippen molar-refractivity contribution >= 4 is 17.4 Å². The maximum absolute atomic E-state index is 13.0. The van der Waals surface area contributed by atoms with Gasteiger partial charge in [0.15, 0.2) is 0 Å². The third-order valence-corrected chi connectivity index (χ3v) is 4.65. The highest BCUT2D eigenvalue weighted by molar-refractivity contribution is 5.89. The first kappa shape index (κ1) is 17.3. The molecule has 0 unspecified atom stereocenters. The zero-order valence-electron chi connectivity index (χ0n) is 14.5. The van der Waals surface area contributed by atoms with Gasteiger partial charge in [0.1, 0.15) is 5.82 Å². The van der Waals surface area contributed by atoms with E-state index in [-0.39, 0.29) is 11.8 Å². The highest BCUT2D eigenvalue weighted by Gasteiger charge is 2.23. The van der Waals surface area contributed by atoms with Crippen LogP contribution >= 0.6 is 0 Å². The SMILES string of the molecule is CCc1ccc(NC(=O)NC[C@@H]2CCN(c3ccc(F)cc3)C2)cc1. The molecule has 1 heterocycles. The maximum atomic E-state index is 13.0. The van der Waals surface area contributed by atoms with Crippen molar-refractivity contribution in [3.05, 3.63) is 59.9 Å². The lowest BCUT2D eigenvalue weighted by molar-refractivity contribution is 0.250. The Morgan fingerprint density at radius 2 is 1.88 bits per heavy atom. The molecule has 0 spiro atoms. The summed E-state index contributed by atoms with van der Waals surface area (Å²) in [5, 5.41) is 5.81. The van der Waals surface area contributed by atoms with Crippen LogP contribution in [0.25, 0.3) is 0 Å². The number of nitrogens with zero attached hydrogens (tertiary/aromatic N) is 1. The molecule has 2 N–H and O–H groups in total. The number of urea groups is 1. The third-order valence-electron chi connectivity index (χ3n) is 4.65. The van der Waals surface area contributed by atoms with Crippen LogP contribution in [0.4, 0.5) is 20.6 Å². The molecule has 25 heavy (non-hydrogen) atoms. The predicted molar refractivity (Wildman–Crippen MR) is 99.6 cm³/mol. The van der Waals surface area contributed by atoms with E-state index in [0.29, 0.717) is 12.5 Å². The Balaban J connectivity index is 1.44. The van der Waals surface area contributed by atoms with Gasteiger partial charge >= 0.3 is 6.03 Å². The Bertz CT molecular complexity index is 700. The minimum absolute atomic E-state index is 0.176. The Kier molecular flexibility index (Phi) is 5.53. The first-order valence-electron chi connectivity index (χ1n) is 8.78. The molecule has 1 aliphatic heterocycles. The van der Waals surface area contributed by atoms with Gasteiger partial charge < -0.3 is 15.5 Å². The maximum Gasteiger partial charge on any atom is 0.319 e. The van der Waals surface area contributed by atoms with Crippen molar-refractivity contribution in [3.63, 3.8) is 0 Å². The lowest BCUT2D eigenvalue weighted by Gasteiger charge is -2.19. The number of aryl methyl sites for hydroxylation is 1. The molecular weight excluding hydrogens is 317 g/mol. The molecule has 3 rings (SSSR count). The van der Waals surface area contributed by atoms with Crippen molar-refractivity contribution in [3.8, 4) is 0 Å². The van der Waals surface area contributed by atoms with Crippen molar-refractivity contribution in [2.24, 2.45) is 5.92 Å². The van der Waals surface area contributed by atoms with Crippen LogP contribution in [-0.2, 0) is 6.42 Å². The number of halogens is 1. The van der Waals surface area contributed by atoms with E-state index in [0.717, 1.165) is 37.3 Å². The van der Waals surface area contributed by atoms with Gasteiger partial charge in [-0.25, -0.2) is 9.18 Å². The van der Waals surface area contributed by atoms with E-state index >= 15 is 0 Å². The van der Waals surface area contributed by atoms with Crippen molar-refractivity contribution in [2.45, 2.75) is 19.8 Å². The summed E-state index contributed by atoms with van der Waals surface area (Å²) in [4.78, 5) is 14.3. The Morgan fingerprint density at radius 3 is 2.56 bits per heavy atom. The Hall–Kier alpha value is -2.56. The summed E-state index contributed by atoms with van der Waals surface area (Å²) in [7, 11) is 0. The number of amides is 2. The lowest BCUT2D eigenvalue weighted by Crippen LogP contribution is -2.34. The molecule has 0 radical (unpaired) electrons. The molecule has 132 valence electrons. The van der Waals surface area contributed by atoms with Gasteiger partial charge in [-0.15, -0.1) is 0 Å². The van der Waals surface area contributed by atoms with Crippen molar-refractivity contribution < 1.29 is 9.18 Å². The molecule has 0 saturated carbocycles. The minimum atomic E-state index is -0.218. The number of anilines is 2. The lowest BCUT2D eigenvalue weighted by atomic mass is 10.1. The van der Waals surface area contributed by atoms with E-state index in [1.54, 1.807) is 12.1 Å². The van der Waals surface area contributed by atoms with Crippen LogP contribution in [0.15, 0.2) is 48.5 Å². The Labute approximate surface area is 148 Å². The van der Waals surface area contributed by atoms with Crippen LogP contribution in [0.5, 0.6) is 0 Å². The van der Waals surface area contributed by atoms with Gasteiger partial charge in [0.2, 0.25) is 0 Å². The third kappa shape index (κ3) is 4.72. The second-order valence-electron chi connectivity index (χ2n) is 6.46. The summed E-state index contributed by atoms with van der Waals surface area (Å²) < 4.78 is 13.0. The summed E-state index contributed by atoms with van der Waals surface area (Å²) in [6, 6.07) is 14.3. The first-order chi connectivity index (χ1) is 12.1. The van der Waals surface area contributed by atoms with E-state index in [9.17, 15) is 9.18 Å². The van der Waals surface area contributed by atoms with E-state index in [4.69, 9.17) is 0 Å². The number of benzene rings is 2. The number of nitrogens with one attached hydrogen (secondary N) is 2. The predicted octanol–water partition coefficient (Wildman–Crippen LogP) is 4.04. The fourth-order valence-electron chi connectivity index (χ4n) is 3.12. The van der Waals surface area contributed by atoms with E-state index < -0.39 is 0 Å². The van der Waals surface area contributed by atoms with Gasteiger partial charge in [0.25, 0.3) is 0 Å². The number of carbonyl (C=O) groups excluding carboxylic acids is 1. The van der Waals surface area contributed by atoms with E-state index in [2.05, 4.69) is 22.5 Å². The molecule has 1 atom stereocenters. The summed E-state index contributed by atoms with van der Waals surface area (Å²) in [5.41, 5.74) is 3.08.